The van der Waals surface area contributed by atoms with Gasteiger partial charge in [-0.25, -0.2) is 0 Å². The van der Waals surface area contributed by atoms with E-state index in [-0.39, 0.29) is 0 Å². The number of fused-ring (bicyclic) bond motifs is 1. The van der Waals surface area contributed by atoms with Crippen molar-refractivity contribution in [2.75, 3.05) is 7.05 Å². The summed E-state index contributed by atoms with van der Waals surface area (Å²) in [7, 11) is 1.89. The highest BCUT2D eigenvalue weighted by Crippen LogP contribution is 2.01. The summed E-state index contributed by atoms with van der Waals surface area (Å²) in [6, 6.07) is 5.86. The van der Waals surface area contributed by atoms with E-state index in [1.165, 1.54) is 0 Å². The zero-order valence-corrected chi connectivity index (χ0v) is 6.86. The summed E-state index contributed by atoms with van der Waals surface area (Å²) in [6.45, 7) is 0.741. The lowest BCUT2D eigenvalue weighted by atomic mass is 10.4. The molecule has 0 unspecified atom stereocenters. The summed E-state index contributed by atoms with van der Waals surface area (Å²) in [5, 5.41) is 11.1. The van der Waals surface area contributed by atoms with Crippen LogP contribution < -0.4 is 5.32 Å². The third kappa shape index (κ3) is 1.06. The summed E-state index contributed by atoms with van der Waals surface area (Å²) >= 11 is 0. The van der Waals surface area contributed by atoms with Gasteiger partial charge in [-0.05, 0) is 19.2 Å². The first-order valence-corrected chi connectivity index (χ1v) is 3.85. The Labute approximate surface area is 70.2 Å². The average Bonchev–Trinajstić information content (AvgIpc) is 2.50. The molecule has 12 heavy (non-hydrogen) atoms. The van der Waals surface area contributed by atoms with Gasteiger partial charge < -0.3 is 5.32 Å². The molecule has 2 rings (SSSR count). The Morgan fingerprint density at radius 3 is 3.17 bits per heavy atom. The van der Waals surface area contributed by atoms with Crippen LogP contribution in [0.2, 0.25) is 0 Å². The Kier molecular flexibility index (Phi) is 1.75. The van der Waals surface area contributed by atoms with Crippen LogP contribution in [0, 0.1) is 0 Å². The number of aromatic nitrogens is 3. The van der Waals surface area contributed by atoms with Crippen molar-refractivity contribution in [3.05, 3.63) is 30.2 Å². The molecule has 2 aromatic heterocycles. The monoisotopic (exact) mass is 162 g/mol. The number of hydrogen-bond donors (Lipinski definition) is 1. The summed E-state index contributed by atoms with van der Waals surface area (Å²) in [5.74, 6) is 0.938. The van der Waals surface area contributed by atoms with E-state index in [1.807, 2.05) is 35.8 Å². The highest BCUT2D eigenvalue weighted by atomic mass is 15.3. The Morgan fingerprint density at radius 2 is 2.33 bits per heavy atom. The molecule has 0 aliphatic rings. The van der Waals surface area contributed by atoms with Gasteiger partial charge in [0.15, 0.2) is 11.5 Å². The van der Waals surface area contributed by atoms with Crippen molar-refractivity contribution < 1.29 is 0 Å². The highest BCUT2D eigenvalue weighted by Gasteiger charge is 2.00. The van der Waals surface area contributed by atoms with Crippen molar-refractivity contribution in [1.82, 2.24) is 19.9 Å². The van der Waals surface area contributed by atoms with Gasteiger partial charge in [-0.1, -0.05) is 6.07 Å². The Morgan fingerprint density at radius 1 is 1.42 bits per heavy atom. The van der Waals surface area contributed by atoms with Crippen LogP contribution in [0.25, 0.3) is 5.65 Å². The molecule has 0 spiro atoms. The minimum absolute atomic E-state index is 0.741. The molecule has 0 atom stereocenters. The molecule has 0 radical (unpaired) electrons. The molecule has 0 aliphatic carbocycles. The van der Waals surface area contributed by atoms with Gasteiger partial charge in [-0.3, -0.25) is 4.40 Å². The second-order valence-electron chi connectivity index (χ2n) is 2.58. The fourth-order valence-electron chi connectivity index (χ4n) is 1.17. The van der Waals surface area contributed by atoms with Crippen molar-refractivity contribution >= 4 is 5.65 Å². The number of pyridine rings is 1. The summed E-state index contributed by atoms with van der Waals surface area (Å²) < 4.78 is 1.97. The minimum atomic E-state index is 0.741. The summed E-state index contributed by atoms with van der Waals surface area (Å²) in [4.78, 5) is 0. The van der Waals surface area contributed by atoms with Crippen LogP contribution in [0.15, 0.2) is 24.4 Å². The van der Waals surface area contributed by atoms with E-state index < -0.39 is 0 Å². The standard InChI is InChI=1S/C8H10N4/c1-9-6-8-11-10-7-4-2-3-5-12(7)8/h2-5,9H,6H2,1H3. The van der Waals surface area contributed by atoms with Crippen LogP contribution in [0.5, 0.6) is 0 Å². The van der Waals surface area contributed by atoms with Crippen LogP contribution in [0.3, 0.4) is 0 Å². The predicted octanol–water partition coefficient (Wildman–Crippen LogP) is 0.449. The summed E-state index contributed by atoms with van der Waals surface area (Å²) in [5.41, 5.74) is 0.891. The molecule has 0 amide bonds. The molecule has 0 saturated heterocycles. The number of nitrogens with one attached hydrogen (secondary N) is 1. The zero-order valence-electron chi connectivity index (χ0n) is 6.86. The molecule has 0 fully saturated rings. The second kappa shape index (κ2) is 2.91. The van der Waals surface area contributed by atoms with E-state index in [2.05, 4.69) is 15.5 Å². The molecule has 62 valence electrons. The van der Waals surface area contributed by atoms with Crippen molar-refractivity contribution in [3.63, 3.8) is 0 Å². The van der Waals surface area contributed by atoms with E-state index in [0.717, 1.165) is 18.0 Å². The van der Waals surface area contributed by atoms with Gasteiger partial charge in [0.2, 0.25) is 0 Å². The lowest BCUT2D eigenvalue weighted by molar-refractivity contribution is 0.747. The molecule has 0 saturated carbocycles. The molecule has 2 aromatic rings. The number of nitrogens with zero attached hydrogens (tertiary/aromatic N) is 3. The predicted molar refractivity (Wildman–Crippen MR) is 45.8 cm³/mol. The Hall–Kier alpha value is -1.42. The molecule has 1 N–H and O–H groups in total. The molecule has 4 heteroatoms. The van der Waals surface area contributed by atoms with Crippen LogP contribution >= 0.6 is 0 Å². The molecule has 2 heterocycles. The smallest absolute Gasteiger partial charge is 0.160 e. The molecular weight excluding hydrogens is 152 g/mol. The van der Waals surface area contributed by atoms with Gasteiger partial charge in [0.25, 0.3) is 0 Å². The fourth-order valence-corrected chi connectivity index (χ4v) is 1.17. The van der Waals surface area contributed by atoms with E-state index in [0.29, 0.717) is 0 Å². The van der Waals surface area contributed by atoms with Crippen LogP contribution in [0.4, 0.5) is 0 Å². The number of rotatable bonds is 2. The Balaban J connectivity index is 2.55. The minimum Gasteiger partial charge on any atom is -0.313 e. The maximum absolute atomic E-state index is 4.04. The average molecular weight is 162 g/mol. The molecule has 0 bridgehead atoms. The van der Waals surface area contributed by atoms with Gasteiger partial charge in [-0.15, -0.1) is 10.2 Å². The van der Waals surface area contributed by atoms with E-state index >= 15 is 0 Å². The van der Waals surface area contributed by atoms with Crippen molar-refractivity contribution in [1.29, 1.82) is 0 Å². The maximum Gasteiger partial charge on any atom is 0.160 e. The van der Waals surface area contributed by atoms with Crippen molar-refractivity contribution in [2.45, 2.75) is 6.54 Å². The highest BCUT2D eigenvalue weighted by molar-refractivity contribution is 5.36. The Bertz CT molecular complexity index is 379. The third-order valence-electron chi connectivity index (χ3n) is 1.72. The van der Waals surface area contributed by atoms with Crippen LogP contribution in [-0.2, 0) is 6.54 Å². The van der Waals surface area contributed by atoms with E-state index in [4.69, 9.17) is 0 Å². The van der Waals surface area contributed by atoms with Gasteiger partial charge in [0.1, 0.15) is 0 Å². The topological polar surface area (TPSA) is 42.2 Å². The molecule has 4 nitrogen and oxygen atoms in total. The van der Waals surface area contributed by atoms with Crippen molar-refractivity contribution in [3.8, 4) is 0 Å². The van der Waals surface area contributed by atoms with Gasteiger partial charge in [0, 0.05) is 6.20 Å². The quantitative estimate of drug-likeness (QED) is 0.697. The largest absolute Gasteiger partial charge is 0.313 e. The zero-order chi connectivity index (χ0) is 8.39. The lowest BCUT2D eigenvalue weighted by Crippen LogP contribution is -2.08. The van der Waals surface area contributed by atoms with E-state index in [1.54, 1.807) is 0 Å². The number of hydrogen-bond acceptors (Lipinski definition) is 3. The van der Waals surface area contributed by atoms with E-state index in [9.17, 15) is 0 Å². The molecular formula is C8H10N4. The van der Waals surface area contributed by atoms with Crippen molar-refractivity contribution in [2.24, 2.45) is 0 Å². The molecule has 0 aromatic carbocycles. The maximum atomic E-state index is 4.04. The molecule has 0 aliphatic heterocycles. The SMILES string of the molecule is CNCc1nnc2ccccn12. The van der Waals surface area contributed by atoms with Crippen LogP contribution in [0.1, 0.15) is 5.82 Å². The van der Waals surface area contributed by atoms with Gasteiger partial charge >= 0.3 is 0 Å². The lowest BCUT2D eigenvalue weighted by Gasteiger charge is -1.96. The first-order valence-electron chi connectivity index (χ1n) is 3.85. The van der Waals surface area contributed by atoms with Gasteiger partial charge in [-0.2, -0.15) is 0 Å². The van der Waals surface area contributed by atoms with Gasteiger partial charge in [0.05, 0.1) is 6.54 Å². The fraction of sp³-hybridized carbons (Fsp3) is 0.250. The first-order chi connectivity index (χ1) is 5.92. The second-order valence-corrected chi connectivity index (χ2v) is 2.58. The summed E-state index contributed by atoms with van der Waals surface area (Å²) in [6.07, 6.45) is 1.96. The third-order valence-corrected chi connectivity index (χ3v) is 1.72. The van der Waals surface area contributed by atoms with Crippen LogP contribution in [-0.4, -0.2) is 21.6 Å². The first kappa shape index (κ1) is 7.24. The normalized spacial score (nSPS) is 10.8.